The summed E-state index contributed by atoms with van der Waals surface area (Å²) in [4.78, 5) is 15.3. The van der Waals surface area contributed by atoms with E-state index in [-0.39, 0.29) is 0 Å². The molecule has 2 rings (SSSR count). The van der Waals surface area contributed by atoms with E-state index in [4.69, 9.17) is 10.5 Å². The Labute approximate surface area is 98.6 Å². The summed E-state index contributed by atoms with van der Waals surface area (Å²) < 4.78 is 5.13. The summed E-state index contributed by atoms with van der Waals surface area (Å²) in [5.74, 6) is 0.723. The summed E-state index contributed by atoms with van der Waals surface area (Å²) in [6.07, 6.45) is 0. The second-order valence-corrected chi connectivity index (χ2v) is 3.68. The Hall–Kier alpha value is -2.30. The maximum Gasteiger partial charge on any atom is 0.316 e. The Morgan fingerprint density at radius 1 is 1.41 bits per heavy atom. The number of amides is 2. The highest BCUT2D eigenvalue weighted by Crippen LogP contribution is 2.26. The van der Waals surface area contributed by atoms with Crippen molar-refractivity contribution in [2.24, 2.45) is 5.73 Å². The predicted molar refractivity (Wildman–Crippen MR) is 66.2 cm³/mol. The third-order valence-electron chi connectivity index (χ3n) is 2.40. The molecule has 17 heavy (non-hydrogen) atoms. The van der Waals surface area contributed by atoms with Crippen LogP contribution in [0.2, 0.25) is 0 Å². The van der Waals surface area contributed by atoms with Crippen LogP contribution in [-0.4, -0.2) is 18.1 Å². The molecule has 0 saturated carbocycles. The fourth-order valence-electron chi connectivity index (χ4n) is 1.70. The van der Waals surface area contributed by atoms with E-state index in [9.17, 15) is 4.79 Å². The summed E-state index contributed by atoms with van der Waals surface area (Å²) >= 11 is 0. The highest BCUT2D eigenvalue weighted by molar-refractivity contribution is 6.00. The van der Waals surface area contributed by atoms with Crippen LogP contribution in [0.4, 0.5) is 10.5 Å². The number of methoxy groups -OCH3 is 1. The Morgan fingerprint density at radius 3 is 2.82 bits per heavy atom. The predicted octanol–water partition coefficient (Wildman–Crippen LogP) is 2.04. The van der Waals surface area contributed by atoms with Crippen LogP contribution in [0.1, 0.15) is 5.69 Å². The largest absolute Gasteiger partial charge is 0.497 e. The van der Waals surface area contributed by atoms with Crippen LogP contribution < -0.4 is 15.8 Å². The van der Waals surface area contributed by atoms with Gasteiger partial charge in [-0.1, -0.05) is 0 Å². The molecule has 88 valence electrons. The molecule has 0 aliphatic carbocycles. The number of hydrogen-bond donors (Lipinski definition) is 2. The molecule has 0 bridgehead atoms. The van der Waals surface area contributed by atoms with Crippen LogP contribution in [0.3, 0.4) is 0 Å². The van der Waals surface area contributed by atoms with Crippen LogP contribution >= 0.6 is 0 Å². The summed E-state index contributed by atoms with van der Waals surface area (Å²) in [6.45, 7) is 1.85. The van der Waals surface area contributed by atoms with Crippen molar-refractivity contribution in [3.63, 3.8) is 0 Å². The standard InChI is InChI=1S/C12H13N3O2/c1-7-5-10(15-12(13)16)9-4-3-8(17-2)6-11(9)14-7/h3-6H,1-2H3,(H3,13,14,15,16). The number of carbonyl (C=O) groups excluding carboxylic acids is 1. The monoisotopic (exact) mass is 231 g/mol. The van der Waals surface area contributed by atoms with Crippen molar-refractivity contribution in [3.05, 3.63) is 30.0 Å². The van der Waals surface area contributed by atoms with E-state index < -0.39 is 6.03 Å². The number of aromatic nitrogens is 1. The first-order valence-electron chi connectivity index (χ1n) is 5.12. The number of anilines is 1. The topological polar surface area (TPSA) is 77.2 Å². The lowest BCUT2D eigenvalue weighted by Crippen LogP contribution is -2.19. The van der Waals surface area contributed by atoms with Crippen molar-refractivity contribution in [3.8, 4) is 5.75 Å². The molecule has 0 radical (unpaired) electrons. The molecular weight excluding hydrogens is 218 g/mol. The minimum atomic E-state index is -0.590. The van der Waals surface area contributed by atoms with Gasteiger partial charge in [-0.2, -0.15) is 0 Å². The average Bonchev–Trinajstić information content (AvgIpc) is 2.27. The maximum absolute atomic E-state index is 10.9. The number of nitrogens with two attached hydrogens (primary N) is 1. The first kappa shape index (κ1) is 11.2. The first-order valence-corrected chi connectivity index (χ1v) is 5.12. The van der Waals surface area contributed by atoms with E-state index in [0.29, 0.717) is 5.69 Å². The fourth-order valence-corrected chi connectivity index (χ4v) is 1.70. The maximum atomic E-state index is 10.9. The van der Waals surface area contributed by atoms with Gasteiger partial charge in [-0.3, -0.25) is 4.98 Å². The van der Waals surface area contributed by atoms with Gasteiger partial charge in [0.05, 0.1) is 18.3 Å². The SMILES string of the molecule is COc1ccc2c(NC(N)=O)cc(C)nc2c1. The van der Waals surface area contributed by atoms with Gasteiger partial charge in [-0.05, 0) is 25.1 Å². The molecule has 0 fully saturated rings. The number of ether oxygens (including phenoxy) is 1. The van der Waals surface area contributed by atoms with Crippen molar-refractivity contribution in [1.29, 1.82) is 0 Å². The van der Waals surface area contributed by atoms with Crippen molar-refractivity contribution in [1.82, 2.24) is 4.98 Å². The number of pyridine rings is 1. The van der Waals surface area contributed by atoms with Gasteiger partial charge < -0.3 is 15.8 Å². The lowest BCUT2D eigenvalue weighted by molar-refractivity contribution is 0.259. The zero-order valence-corrected chi connectivity index (χ0v) is 9.65. The molecule has 0 saturated heterocycles. The van der Waals surface area contributed by atoms with Crippen molar-refractivity contribution in [2.45, 2.75) is 6.92 Å². The van der Waals surface area contributed by atoms with Crippen LogP contribution in [-0.2, 0) is 0 Å². The molecular formula is C12H13N3O2. The Morgan fingerprint density at radius 2 is 2.18 bits per heavy atom. The van der Waals surface area contributed by atoms with E-state index >= 15 is 0 Å². The summed E-state index contributed by atoms with van der Waals surface area (Å²) in [7, 11) is 1.60. The number of benzene rings is 1. The smallest absolute Gasteiger partial charge is 0.316 e. The molecule has 1 aromatic heterocycles. The molecule has 1 heterocycles. The van der Waals surface area contributed by atoms with E-state index in [0.717, 1.165) is 22.3 Å². The molecule has 0 spiro atoms. The van der Waals surface area contributed by atoms with E-state index in [1.54, 1.807) is 13.2 Å². The first-order chi connectivity index (χ1) is 8.10. The molecule has 5 nitrogen and oxygen atoms in total. The van der Waals surface area contributed by atoms with Crippen LogP contribution in [0.25, 0.3) is 10.9 Å². The van der Waals surface area contributed by atoms with Gasteiger partial charge in [0.2, 0.25) is 0 Å². The number of aryl methyl sites for hydroxylation is 1. The van der Waals surface area contributed by atoms with Gasteiger partial charge in [-0.15, -0.1) is 0 Å². The third-order valence-corrected chi connectivity index (χ3v) is 2.40. The van der Waals surface area contributed by atoms with Crippen molar-refractivity contribution in [2.75, 3.05) is 12.4 Å². The zero-order chi connectivity index (χ0) is 12.4. The molecule has 0 atom stereocenters. The molecule has 2 amide bonds. The van der Waals surface area contributed by atoms with Gasteiger partial charge in [0.25, 0.3) is 0 Å². The summed E-state index contributed by atoms with van der Waals surface area (Å²) in [6, 6.07) is 6.65. The highest BCUT2D eigenvalue weighted by atomic mass is 16.5. The Kier molecular flexibility index (Phi) is 2.82. The van der Waals surface area contributed by atoms with E-state index in [2.05, 4.69) is 10.3 Å². The second-order valence-electron chi connectivity index (χ2n) is 3.68. The lowest BCUT2D eigenvalue weighted by Gasteiger charge is -2.09. The molecule has 2 aromatic rings. The second kappa shape index (κ2) is 4.29. The van der Waals surface area contributed by atoms with Gasteiger partial charge >= 0.3 is 6.03 Å². The van der Waals surface area contributed by atoms with Crippen LogP contribution in [0.5, 0.6) is 5.75 Å². The lowest BCUT2D eigenvalue weighted by atomic mass is 10.1. The molecule has 0 aliphatic rings. The van der Waals surface area contributed by atoms with Gasteiger partial charge in [-0.25, -0.2) is 4.79 Å². The fraction of sp³-hybridized carbons (Fsp3) is 0.167. The van der Waals surface area contributed by atoms with E-state index in [1.807, 2.05) is 25.1 Å². The number of nitrogens with one attached hydrogen (secondary N) is 1. The van der Waals surface area contributed by atoms with Gasteiger partial charge in [0.15, 0.2) is 0 Å². The van der Waals surface area contributed by atoms with Crippen molar-refractivity contribution >= 4 is 22.6 Å². The highest BCUT2D eigenvalue weighted by Gasteiger charge is 2.06. The van der Waals surface area contributed by atoms with Crippen molar-refractivity contribution < 1.29 is 9.53 Å². The molecule has 3 N–H and O–H groups in total. The minimum absolute atomic E-state index is 0.590. The zero-order valence-electron chi connectivity index (χ0n) is 9.65. The molecule has 5 heteroatoms. The van der Waals surface area contributed by atoms with Gasteiger partial charge in [0.1, 0.15) is 5.75 Å². The number of rotatable bonds is 2. The normalized spacial score (nSPS) is 10.2. The average molecular weight is 231 g/mol. The van der Waals surface area contributed by atoms with Crippen LogP contribution in [0.15, 0.2) is 24.3 Å². The number of hydrogen-bond acceptors (Lipinski definition) is 3. The summed E-state index contributed by atoms with van der Waals surface area (Å²) in [5.41, 5.74) is 7.34. The molecule has 1 aromatic carbocycles. The number of nitrogens with zero attached hydrogens (tertiary/aromatic N) is 1. The molecule has 0 unspecified atom stereocenters. The molecule has 0 aliphatic heterocycles. The number of urea groups is 1. The number of carbonyl (C=O) groups is 1. The van der Waals surface area contributed by atoms with Crippen LogP contribution in [0, 0.1) is 6.92 Å². The Balaban J connectivity index is 2.63. The van der Waals surface area contributed by atoms with E-state index in [1.165, 1.54) is 0 Å². The number of fused-ring (bicyclic) bond motifs is 1. The summed E-state index contributed by atoms with van der Waals surface area (Å²) in [5, 5.41) is 3.41. The Bertz CT molecular complexity index is 581. The minimum Gasteiger partial charge on any atom is -0.497 e. The van der Waals surface area contributed by atoms with Gasteiger partial charge in [0, 0.05) is 17.1 Å². The number of primary amides is 1. The quantitative estimate of drug-likeness (QED) is 0.830. The third kappa shape index (κ3) is 2.28.